The molecule has 2 saturated heterocycles. The number of hydrogen-bond donors (Lipinski definition) is 0. The van der Waals surface area contributed by atoms with Gasteiger partial charge in [-0.25, -0.2) is 5.32 Å². The van der Waals surface area contributed by atoms with Gasteiger partial charge < -0.3 is 0 Å². The van der Waals surface area contributed by atoms with Crippen molar-refractivity contribution in [3.05, 3.63) is 0 Å². The Hall–Kier alpha value is -0.0800. The lowest BCUT2D eigenvalue weighted by molar-refractivity contribution is 0.177. The fourth-order valence-electron chi connectivity index (χ4n) is 2.04. The minimum Gasteiger partial charge on any atom is -0.297 e. The molecule has 2 unspecified atom stereocenters. The summed E-state index contributed by atoms with van der Waals surface area (Å²) in [6.45, 7) is 5.85. The van der Waals surface area contributed by atoms with Crippen LogP contribution in [-0.4, -0.2) is 36.6 Å². The largest absolute Gasteiger partial charge is 0.297 e. The zero-order valence-electron chi connectivity index (χ0n) is 6.58. The Bertz CT molecular complexity index is 124. The number of piperazine rings is 1. The van der Waals surface area contributed by atoms with Crippen LogP contribution >= 0.6 is 0 Å². The van der Waals surface area contributed by atoms with E-state index >= 15 is 0 Å². The Morgan fingerprint density at radius 1 is 1.50 bits per heavy atom. The van der Waals surface area contributed by atoms with Gasteiger partial charge in [0.1, 0.15) is 0 Å². The van der Waals surface area contributed by atoms with Gasteiger partial charge in [0.2, 0.25) is 0 Å². The summed E-state index contributed by atoms with van der Waals surface area (Å²) < 4.78 is 0. The molecule has 57 valence electrons. The molecule has 0 aromatic heterocycles. The maximum Gasteiger partial charge on any atom is 0.0345 e. The van der Waals surface area contributed by atoms with Gasteiger partial charge in [-0.15, -0.1) is 0 Å². The van der Waals surface area contributed by atoms with Crippen LogP contribution in [0, 0.1) is 0 Å². The van der Waals surface area contributed by atoms with E-state index in [2.05, 4.69) is 17.1 Å². The van der Waals surface area contributed by atoms with Crippen molar-refractivity contribution in [1.29, 1.82) is 0 Å². The second kappa shape index (κ2) is 2.51. The van der Waals surface area contributed by atoms with Gasteiger partial charge in [0.25, 0.3) is 0 Å². The minimum atomic E-state index is 0.592. The third-order valence-electron chi connectivity index (χ3n) is 2.63. The van der Waals surface area contributed by atoms with E-state index in [-0.39, 0.29) is 0 Å². The monoisotopic (exact) mass is 139 g/mol. The summed E-state index contributed by atoms with van der Waals surface area (Å²) in [6.07, 6.45) is 2.78. The third-order valence-corrected chi connectivity index (χ3v) is 2.63. The average Bonchev–Trinajstić information content (AvgIpc) is 2.33. The van der Waals surface area contributed by atoms with Crippen LogP contribution in [0.5, 0.6) is 0 Å². The van der Waals surface area contributed by atoms with Crippen molar-refractivity contribution < 1.29 is 0 Å². The molecule has 0 aromatic carbocycles. The molecule has 0 bridgehead atoms. The third kappa shape index (κ3) is 1.06. The van der Waals surface area contributed by atoms with E-state index in [0.29, 0.717) is 6.04 Å². The first-order valence-electron chi connectivity index (χ1n) is 4.27. The fourth-order valence-corrected chi connectivity index (χ4v) is 2.04. The summed E-state index contributed by atoms with van der Waals surface area (Å²) in [6, 6.07) is 1.41. The predicted octanol–water partition coefficient (Wildman–Crippen LogP) is 0.457. The van der Waals surface area contributed by atoms with E-state index in [0.717, 1.165) is 12.6 Å². The van der Waals surface area contributed by atoms with E-state index in [1.165, 1.54) is 25.9 Å². The predicted molar refractivity (Wildman–Crippen MR) is 41.1 cm³/mol. The number of nitrogens with zero attached hydrogens (tertiary/aromatic N) is 2. The van der Waals surface area contributed by atoms with Crippen molar-refractivity contribution in [1.82, 2.24) is 10.2 Å². The van der Waals surface area contributed by atoms with E-state index in [1.807, 2.05) is 0 Å². The zero-order chi connectivity index (χ0) is 6.97. The Morgan fingerprint density at radius 3 is 3.30 bits per heavy atom. The molecule has 0 aromatic rings. The molecule has 0 aliphatic carbocycles. The van der Waals surface area contributed by atoms with Crippen LogP contribution in [-0.2, 0) is 0 Å². The maximum atomic E-state index is 4.53. The van der Waals surface area contributed by atoms with E-state index in [4.69, 9.17) is 0 Å². The van der Waals surface area contributed by atoms with Crippen molar-refractivity contribution in [3.63, 3.8) is 0 Å². The van der Waals surface area contributed by atoms with Crippen LogP contribution in [0.4, 0.5) is 0 Å². The lowest BCUT2D eigenvalue weighted by Crippen LogP contribution is -2.49. The first-order valence-corrected chi connectivity index (χ1v) is 4.27. The second-order valence-corrected chi connectivity index (χ2v) is 3.51. The Kier molecular flexibility index (Phi) is 1.66. The Labute approximate surface area is 62.6 Å². The van der Waals surface area contributed by atoms with Gasteiger partial charge in [-0.2, -0.15) is 0 Å². The summed E-state index contributed by atoms with van der Waals surface area (Å²) in [4.78, 5) is 2.59. The Balaban J connectivity index is 1.96. The molecule has 2 heteroatoms. The van der Waals surface area contributed by atoms with Crippen molar-refractivity contribution >= 4 is 0 Å². The van der Waals surface area contributed by atoms with Gasteiger partial charge in [0.15, 0.2) is 0 Å². The smallest absolute Gasteiger partial charge is 0.0345 e. The van der Waals surface area contributed by atoms with Crippen LogP contribution in [0.2, 0.25) is 0 Å². The normalized spacial score (nSPS) is 41.7. The molecule has 0 saturated carbocycles. The number of fused-ring (bicyclic) bond motifs is 1. The highest BCUT2D eigenvalue weighted by molar-refractivity contribution is 4.87. The van der Waals surface area contributed by atoms with Crippen molar-refractivity contribution in [3.8, 4) is 0 Å². The van der Waals surface area contributed by atoms with Gasteiger partial charge in [0, 0.05) is 25.2 Å². The first-order chi connectivity index (χ1) is 4.86. The highest BCUT2D eigenvalue weighted by Crippen LogP contribution is 2.19. The van der Waals surface area contributed by atoms with Gasteiger partial charge >= 0.3 is 0 Å². The van der Waals surface area contributed by atoms with Crippen LogP contribution in [0.15, 0.2) is 0 Å². The fraction of sp³-hybridized carbons (Fsp3) is 1.00. The lowest BCUT2D eigenvalue weighted by Gasteiger charge is -2.32. The SMILES string of the molecule is CC1CN2CCCC2C[N]1. The molecule has 2 atom stereocenters. The number of rotatable bonds is 0. The molecular weight excluding hydrogens is 124 g/mol. The molecule has 1 radical (unpaired) electrons. The second-order valence-electron chi connectivity index (χ2n) is 3.51. The highest BCUT2D eigenvalue weighted by atomic mass is 15.2. The quantitative estimate of drug-likeness (QED) is 0.476. The summed E-state index contributed by atoms with van der Waals surface area (Å²) in [5, 5.41) is 4.53. The summed E-state index contributed by atoms with van der Waals surface area (Å²) in [5.74, 6) is 0. The molecule has 2 fully saturated rings. The molecule has 10 heavy (non-hydrogen) atoms. The molecular formula is C8H15N2. The maximum absolute atomic E-state index is 4.53. The van der Waals surface area contributed by atoms with E-state index < -0.39 is 0 Å². The topological polar surface area (TPSA) is 17.3 Å². The van der Waals surface area contributed by atoms with Gasteiger partial charge in [-0.1, -0.05) is 0 Å². The number of hydrogen-bond acceptors (Lipinski definition) is 1. The molecule has 0 amide bonds. The molecule has 2 aliphatic rings. The molecule has 0 spiro atoms. The van der Waals surface area contributed by atoms with Crippen LogP contribution < -0.4 is 5.32 Å². The van der Waals surface area contributed by atoms with Gasteiger partial charge in [-0.3, -0.25) is 4.90 Å². The van der Waals surface area contributed by atoms with Crippen molar-refractivity contribution in [2.24, 2.45) is 0 Å². The highest BCUT2D eigenvalue weighted by Gasteiger charge is 2.29. The standard InChI is InChI=1S/C8H15N2/c1-7-6-10-4-2-3-8(10)5-9-7/h7-8H,2-6H2,1H3. The molecule has 0 N–H and O–H groups in total. The van der Waals surface area contributed by atoms with Gasteiger partial charge in [0.05, 0.1) is 0 Å². The molecule has 2 nitrogen and oxygen atoms in total. The van der Waals surface area contributed by atoms with E-state index in [9.17, 15) is 0 Å². The summed E-state index contributed by atoms with van der Waals surface area (Å²) in [7, 11) is 0. The summed E-state index contributed by atoms with van der Waals surface area (Å²) >= 11 is 0. The van der Waals surface area contributed by atoms with E-state index in [1.54, 1.807) is 0 Å². The van der Waals surface area contributed by atoms with Crippen molar-refractivity contribution in [2.45, 2.75) is 31.8 Å². The lowest BCUT2D eigenvalue weighted by atomic mass is 10.1. The van der Waals surface area contributed by atoms with Crippen LogP contribution in [0.3, 0.4) is 0 Å². The molecule has 2 rings (SSSR count). The Morgan fingerprint density at radius 2 is 2.40 bits per heavy atom. The van der Waals surface area contributed by atoms with Gasteiger partial charge in [-0.05, 0) is 26.3 Å². The van der Waals surface area contributed by atoms with Crippen LogP contribution in [0.25, 0.3) is 0 Å². The molecule has 2 aliphatic heterocycles. The minimum absolute atomic E-state index is 0.592. The zero-order valence-corrected chi connectivity index (χ0v) is 6.58. The van der Waals surface area contributed by atoms with Crippen LogP contribution in [0.1, 0.15) is 19.8 Å². The average molecular weight is 139 g/mol. The first kappa shape index (κ1) is 6.62. The molecule has 2 heterocycles. The summed E-state index contributed by atoms with van der Waals surface area (Å²) in [5.41, 5.74) is 0. The van der Waals surface area contributed by atoms with Crippen molar-refractivity contribution in [2.75, 3.05) is 19.6 Å².